The van der Waals surface area contributed by atoms with Crippen molar-refractivity contribution in [2.45, 2.75) is 58.6 Å². The number of rotatable bonds is 6. The third-order valence-corrected chi connectivity index (χ3v) is 3.71. The second-order valence-corrected chi connectivity index (χ2v) is 5.73. The molecule has 1 aliphatic carbocycles. The van der Waals surface area contributed by atoms with Gasteiger partial charge in [-0.15, -0.1) is 0 Å². The third-order valence-electron chi connectivity index (χ3n) is 3.71. The highest BCUT2D eigenvalue weighted by molar-refractivity contribution is 5.77. The molecule has 0 bridgehead atoms. The summed E-state index contributed by atoms with van der Waals surface area (Å²) in [6.45, 7) is 6.46. The maximum atomic E-state index is 11.6. The molecular formula is C16H25N3O3. The molecule has 1 aliphatic rings. The number of aryl methyl sites for hydroxylation is 2. The molecule has 1 fully saturated rings. The fourth-order valence-electron chi connectivity index (χ4n) is 2.68. The molecule has 2 rings (SSSR count). The van der Waals surface area contributed by atoms with Crippen LogP contribution in [0.2, 0.25) is 0 Å². The second kappa shape index (κ2) is 8.08. The third kappa shape index (κ3) is 5.26. The summed E-state index contributed by atoms with van der Waals surface area (Å²) in [6, 6.07) is 2.60. The van der Waals surface area contributed by atoms with Gasteiger partial charge in [0.2, 0.25) is 5.91 Å². The average molecular weight is 307 g/mol. The van der Waals surface area contributed by atoms with Crippen molar-refractivity contribution in [2.75, 3.05) is 13.2 Å². The van der Waals surface area contributed by atoms with Crippen LogP contribution in [-0.2, 0) is 9.53 Å². The predicted octanol–water partition coefficient (Wildman–Crippen LogP) is 1.94. The van der Waals surface area contributed by atoms with Gasteiger partial charge in [-0.1, -0.05) is 0 Å². The lowest BCUT2D eigenvalue weighted by molar-refractivity contribution is -0.126. The van der Waals surface area contributed by atoms with E-state index >= 15 is 0 Å². The van der Waals surface area contributed by atoms with E-state index in [-0.39, 0.29) is 24.7 Å². The molecular weight excluding hydrogens is 282 g/mol. The Morgan fingerprint density at radius 2 is 1.86 bits per heavy atom. The largest absolute Gasteiger partial charge is 0.460 e. The van der Waals surface area contributed by atoms with E-state index in [1.807, 2.05) is 26.8 Å². The fraction of sp³-hybridized carbons (Fsp3) is 0.688. The molecule has 1 saturated carbocycles. The van der Waals surface area contributed by atoms with E-state index in [4.69, 9.17) is 9.47 Å². The molecule has 6 nitrogen and oxygen atoms in total. The van der Waals surface area contributed by atoms with Gasteiger partial charge < -0.3 is 14.8 Å². The van der Waals surface area contributed by atoms with Crippen LogP contribution in [0.1, 0.15) is 44.0 Å². The van der Waals surface area contributed by atoms with Crippen molar-refractivity contribution >= 4 is 5.91 Å². The van der Waals surface area contributed by atoms with E-state index in [9.17, 15) is 4.79 Å². The number of ether oxygens (including phenoxy) is 2. The SMILES string of the molecule is CCOCC(=O)NC1CCC(Oc2nc(C)cc(C)n2)CC1. The smallest absolute Gasteiger partial charge is 0.317 e. The summed E-state index contributed by atoms with van der Waals surface area (Å²) in [7, 11) is 0. The highest BCUT2D eigenvalue weighted by Crippen LogP contribution is 2.22. The van der Waals surface area contributed by atoms with Crippen LogP contribution in [0.25, 0.3) is 0 Å². The van der Waals surface area contributed by atoms with Crippen LogP contribution in [0.3, 0.4) is 0 Å². The minimum atomic E-state index is -0.0381. The first-order chi connectivity index (χ1) is 10.6. The molecule has 6 heteroatoms. The van der Waals surface area contributed by atoms with Crippen LogP contribution in [0.4, 0.5) is 0 Å². The number of nitrogens with zero attached hydrogens (tertiary/aromatic N) is 2. The van der Waals surface area contributed by atoms with E-state index in [1.165, 1.54) is 0 Å². The minimum absolute atomic E-state index is 0.0381. The topological polar surface area (TPSA) is 73.3 Å². The standard InChI is InChI=1S/C16H25N3O3/c1-4-21-10-15(20)19-13-5-7-14(8-6-13)22-16-17-11(2)9-12(3)18-16/h9,13-14H,4-8,10H2,1-3H3,(H,19,20). The zero-order valence-electron chi connectivity index (χ0n) is 13.6. The molecule has 0 saturated heterocycles. The van der Waals surface area contributed by atoms with Crippen molar-refractivity contribution in [2.24, 2.45) is 0 Å². The van der Waals surface area contributed by atoms with Crippen molar-refractivity contribution in [3.63, 3.8) is 0 Å². The van der Waals surface area contributed by atoms with Gasteiger partial charge in [0.15, 0.2) is 0 Å². The van der Waals surface area contributed by atoms with Crippen LogP contribution in [0.15, 0.2) is 6.07 Å². The highest BCUT2D eigenvalue weighted by Gasteiger charge is 2.24. The Kier molecular flexibility index (Phi) is 6.12. The summed E-state index contributed by atoms with van der Waals surface area (Å²) in [5.74, 6) is -0.0381. The molecule has 0 aromatic carbocycles. The number of amides is 1. The van der Waals surface area contributed by atoms with Crippen LogP contribution >= 0.6 is 0 Å². The van der Waals surface area contributed by atoms with Gasteiger partial charge in [-0.2, -0.15) is 0 Å². The van der Waals surface area contributed by atoms with Crippen LogP contribution in [0, 0.1) is 13.8 Å². The summed E-state index contributed by atoms with van der Waals surface area (Å²) >= 11 is 0. The summed E-state index contributed by atoms with van der Waals surface area (Å²) in [6.07, 6.45) is 3.74. The van der Waals surface area contributed by atoms with E-state index in [0.717, 1.165) is 37.1 Å². The van der Waals surface area contributed by atoms with Crippen LogP contribution in [0.5, 0.6) is 6.01 Å². The lowest BCUT2D eigenvalue weighted by atomic mass is 9.93. The number of nitrogens with one attached hydrogen (secondary N) is 1. The van der Waals surface area contributed by atoms with Crippen molar-refractivity contribution in [3.05, 3.63) is 17.5 Å². The van der Waals surface area contributed by atoms with Gasteiger partial charge >= 0.3 is 6.01 Å². The van der Waals surface area contributed by atoms with Gasteiger partial charge in [0.1, 0.15) is 12.7 Å². The van der Waals surface area contributed by atoms with E-state index in [0.29, 0.717) is 12.6 Å². The van der Waals surface area contributed by atoms with Crippen molar-refractivity contribution in [3.8, 4) is 6.01 Å². The Hall–Kier alpha value is -1.69. The molecule has 0 spiro atoms. The lowest BCUT2D eigenvalue weighted by Gasteiger charge is -2.28. The first-order valence-electron chi connectivity index (χ1n) is 7.93. The number of hydrogen-bond donors (Lipinski definition) is 1. The van der Waals surface area contributed by atoms with E-state index in [2.05, 4.69) is 15.3 Å². The van der Waals surface area contributed by atoms with Gasteiger partial charge in [0.25, 0.3) is 0 Å². The Morgan fingerprint density at radius 3 is 2.45 bits per heavy atom. The van der Waals surface area contributed by atoms with Crippen molar-refractivity contribution in [1.82, 2.24) is 15.3 Å². The van der Waals surface area contributed by atoms with E-state index in [1.54, 1.807) is 0 Å². The summed E-state index contributed by atoms with van der Waals surface area (Å²) in [4.78, 5) is 20.2. The predicted molar refractivity (Wildman–Crippen MR) is 82.8 cm³/mol. The molecule has 1 amide bonds. The summed E-state index contributed by atoms with van der Waals surface area (Å²) in [5.41, 5.74) is 1.83. The summed E-state index contributed by atoms with van der Waals surface area (Å²) < 4.78 is 11.0. The fourth-order valence-corrected chi connectivity index (χ4v) is 2.68. The monoisotopic (exact) mass is 307 g/mol. The Bertz CT molecular complexity index is 479. The number of hydrogen-bond acceptors (Lipinski definition) is 5. The number of aromatic nitrogens is 2. The Morgan fingerprint density at radius 1 is 1.23 bits per heavy atom. The maximum absolute atomic E-state index is 11.6. The lowest BCUT2D eigenvalue weighted by Crippen LogP contribution is -2.41. The molecule has 1 aromatic heterocycles. The Balaban J connectivity index is 1.76. The average Bonchev–Trinajstić information content (AvgIpc) is 2.46. The summed E-state index contributed by atoms with van der Waals surface area (Å²) in [5, 5.41) is 3.01. The quantitative estimate of drug-likeness (QED) is 0.869. The zero-order valence-corrected chi connectivity index (χ0v) is 13.6. The number of carbonyl (C=O) groups is 1. The highest BCUT2D eigenvalue weighted by atomic mass is 16.5. The molecule has 1 aromatic rings. The Labute approximate surface area is 131 Å². The zero-order chi connectivity index (χ0) is 15.9. The van der Waals surface area contributed by atoms with Crippen molar-refractivity contribution < 1.29 is 14.3 Å². The normalized spacial score (nSPS) is 21.4. The van der Waals surface area contributed by atoms with Crippen LogP contribution in [-0.4, -0.2) is 41.2 Å². The molecule has 1 N–H and O–H groups in total. The van der Waals surface area contributed by atoms with Gasteiger partial charge in [0, 0.05) is 24.0 Å². The molecule has 0 radical (unpaired) electrons. The van der Waals surface area contributed by atoms with Gasteiger partial charge in [-0.25, -0.2) is 9.97 Å². The van der Waals surface area contributed by atoms with Gasteiger partial charge in [-0.05, 0) is 52.5 Å². The van der Waals surface area contributed by atoms with Crippen molar-refractivity contribution in [1.29, 1.82) is 0 Å². The van der Waals surface area contributed by atoms with Gasteiger partial charge in [-0.3, -0.25) is 4.79 Å². The molecule has 22 heavy (non-hydrogen) atoms. The first-order valence-corrected chi connectivity index (χ1v) is 7.93. The molecule has 0 aliphatic heterocycles. The second-order valence-electron chi connectivity index (χ2n) is 5.73. The first kappa shape index (κ1) is 16.7. The molecule has 1 heterocycles. The molecule has 122 valence electrons. The molecule has 0 unspecified atom stereocenters. The maximum Gasteiger partial charge on any atom is 0.317 e. The van der Waals surface area contributed by atoms with Gasteiger partial charge in [0.05, 0.1) is 0 Å². The van der Waals surface area contributed by atoms with E-state index < -0.39 is 0 Å². The number of carbonyl (C=O) groups excluding carboxylic acids is 1. The van der Waals surface area contributed by atoms with Crippen LogP contribution < -0.4 is 10.1 Å². The minimum Gasteiger partial charge on any atom is -0.460 e. The molecule has 0 atom stereocenters.